The van der Waals surface area contributed by atoms with Crippen molar-refractivity contribution in [3.63, 3.8) is 0 Å². The minimum Gasteiger partial charge on any atom is -0.481 e. The third kappa shape index (κ3) is 3.67. The van der Waals surface area contributed by atoms with E-state index in [2.05, 4.69) is 9.71 Å². The van der Waals surface area contributed by atoms with Gasteiger partial charge in [0.15, 0.2) is 5.03 Å². The highest BCUT2D eigenvalue weighted by Gasteiger charge is 2.30. The van der Waals surface area contributed by atoms with Crippen LogP contribution < -0.4 is 4.72 Å². The zero-order valence-corrected chi connectivity index (χ0v) is 13.9. The second kappa shape index (κ2) is 6.37. The highest BCUT2D eigenvalue weighted by molar-refractivity contribution is 7.89. The number of nitrogens with zero attached hydrogens (tertiary/aromatic N) is 2. The van der Waals surface area contributed by atoms with E-state index in [9.17, 15) is 13.2 Å². The molecule has 1 fully saturated rings. The lowest BCUT2D eigenvalue weighted by Gasteiger charge is -2.26. The Bertz CT molecular complexity index is 643. The molecule has 0 aliphatic heterocycles. The quantitative estimate of drug-likeness (QED) is 0.852. The number of carbonyl (C=O) groups is 1. The maximum absolute atomic E-state index is 12.4. The highest BCUT2D eigenvalue weighted by atomic mass is 32.2. The van der Waals surface area contributed by atoms with E-state index in [0.29, 0.717) is 25.7 Å². The SMILES string of the molecule is CC(C)c1nc(S(=O)(=O)NC2CCC(C(=O)O)CC2)cn1C. The van der Waals surface area contributed by atoms with Crippen LogP contribution in [0.2, 0.25) is 0 Å². The van der Waals surface area contributed by atoms with Crippen LogP contribution in [0.3, 0.4) is 0 Å². The molecule has 0 aromatic carbocycles. The molecule has 7 nitrogen and oxygen atoms in total. The number of aliphatic carboxylic acids is 1. The number of imidazole rings is 1. The summed E-state index contributed by atoms with van der Waals surface area (Å²) >= 11 is 0. The summed E-state index contributed by atoms with van der Waals surface area (Å²) in [5, 5.41) is 9.00. The summed E-state index contributed by atoms with van der Waals surface area (Å²) in [4.78, 5) is 15.1. The molecule has 2 rings (SSSR count). The van der Waals surface area contributed by atoms with Crippen LogP contribution in [0.25, 0.3) is 0 Å². The summed E-state index contributed by atoms with van der Waals surface area (Å²) in [5.41, 5.74) is 0. The van der Waals surface area contributed by atoms with Crippen LogP contribution in [0.5, 0.6) is 0 Å². The van der Waals surface area contributed by atoms with Crippen LogP contribution in [0.1, 0.15) is 51.3 Å². The van der Waals surface area contributed by atoms with Gasteiger partial charge in [-0.1, -0.05) is 13.8 Å². The van der Waals surface area contributed by atoms with E-state index in [1.54, 1.807) is 11.6 Å². The zero-order valence-electron chi connectivity index (χ0n) is 13.1. The van der Waals surface area contributed by atoms with Gasteiger partial charge in [0.05, 0.1) is 5.92 Å². The standard InChI is InChI=1S/C14H23N3O4S/c1-9(2)13-15-12(8-17(13)3)22(20,21)16-11-6-4-10(5-7-11)14(18)19/h8-11,16H,4-7H2,1-3H3,(H,18,19). The fourth-order valence-corrected chi connectivity index (χ4v) is 4.16. The average Bonchev–Trinajstić information content (AvgIpc) is 2.82. The van der Waals surface area contributed by atoms with Gasteiger partial charge in [-0.05, 0) is 25.7 Å². The third-order valence-corrected chi connectivity index (χ3v) is 5.47. The number of carboxylic acid groups (broad SMARTS) is 1. The molecule has 124 valence electrons. The Kier molecular flexibility index (Phi) is 4.91. The molecule has 0 spiro atoms. The molecule has 1 aromatic heterocycles. The Labute approximate surface area is 130 Å². The van der Waals surface area contributed by atoms with Gasteiger partial charge in [-0.3, -0.25) is 4.79 Å². The van der Waals surface area contributed by atoms with Crippen molar-refractivity contribution in [2.75, 3.05) is 0 Å². The van der Waals surface area contributed by atoms with Crippen LogP contribution >= 0.6 is 0 Å². The van der Waals surface area contributed by atoms with Gasteiger partial charge in [0, 0.05) is 25.2 Å². The molecule has 0 atom stereocenters. The first-order chi connectivity index (χ1) is 10.2. The molecule has 22 heavy (non-hydrogen) atoms. The number of carboxylic acids is 1. The Hall–Kier alpha value is -1.41. The van der Waals surface area contributed by atoms with Crippen molar-refractivity contribution in [2.45, 2.75) is 56.5 Å². The van der Waals surface area contributed by atoms with Gasteiger partial charge in [-0.2, -0.15) is 0 Å². The van der Waals surface area contributed by atoms with Crippen molar-refractivity contribution in [3.8, 4) is 0 Å². The lowest BCUT2D eigenvalue weighted by Crippen LogP contribution is -2.38. The van der Waals surface area contributed by atoms with E-state index in [1.165, 1.54) is 6.20 Å². The Morgan fingerprint density at radius 3 is 2.41 bits per heavy atom. The van der Waals surface area contributed by atoms with Crippen LogP contribution in [0, 0.1) is 5.92 Å². The molecule has 2 N–H and O–H groups in total. The van der Waals surface area contributed by atoms with Gasteiger partial charge in [-0.25, -0.2) is 18.1 Å². The Balaban J connectivity index is 2.06. The summed E-state index contributed by atoms with van der Waals surface area (Å²) in [6.45, 7) is 3.92. The maximum Gasteiger partial charge on any atom is 0.306 e. The van der Waals surface area contributed by atoms with Crippen molar-refractivity contribution in [2.24, 2.45) is 13.0 Å². The largest absolute Gasteiger partial charge is 0.481 e. The van der Waals surface area contributed by atoms with Crippen molar-refractivity contribution >= 4 is 16.0 Å². The van der Waals surface area contributed by atoms with Crippen LogP contribution in [0.4, 0.5) is 0 Å². The number of hydrogen-bond donors (Lipinski definition) is 2. The van der Waals surface area contributed by atoms with Crippen molar-refractivity contribution in [1.29, 1.82) is 0 Å². The first kappa shape index (κ1) is 17.0. The summed E-state index contributed by atoms with van der Waals surface area (Å²) in [6, 6.07) is -0.217. The van der Waals surface area contributed by atoms with E-state index < -0.39 is 16.0 Å². The fourth-order valence-electron chi connectivity index (χ4n) is 2.86. The molecule has 1 aromatic rings. The number of aromatic nitrogens is 2. The van der Waals surface area contributed by atoms with Gasteiger partial charge in [0.1, 0.15) is 5.82 Å². The predicted molar refractivity (Wildman–Crippen MR) is 81.0 cm³/mol. The minimum atomic E-state index is -3.66. The monoisotopic (exact) mass is 329 g/mol. The van der Waals surface area contributed by atoms with Crippen LogP contribution in [-0.2, 0) is 21.9 Å². The van der Waals surface area contributed by atoms with E-state index in [4.69, 9.17) is 5.11 Å². The second-order valence-electron chi connectivity index (χ2n) is 6.21. The van der Waals surface area contributed by atoms with E-state index >= 15 is 0 Å². The number of rotatable bonds is 5. The first-order valence-corrected chi connectivity index (χ1v) is 8.97. The molecule has 1 aliphatic carbocycles. The Morgan fingerprint density at radius 1 is 1.36 bits per heavy atom. The first-order valence-electron chi connectivity index (χ1n) is 7.49. The highest BCUT2D eigenvalue weighted by Crippen LogP contribution is 2.25. The molecular formula is C14H23N3O4S. The molecular weight excluding hydrogens is 306 g/mol. The van der Waals surface area contributed by atoms with Gasteiger partial charge in [0.2, 0.25) is 0 Å². The minimum absolute atomic E-state index is 0.0269. The molecule has 0 amide bonds. The van der Waals surface area contributed by atoms with Gasteiger partial charge >= 0.3 is 5.97 Å². The average molecular weight is 329 g/mol. The summed E-state index contributed by atoms with van der Waals surface area (Å²) < 4.78 is 29.2. The molecule has 1 saturated carbocycles. The number of hydrogen-bond acceptors (Lipinski definition) is 4. The topological polar surface area (TPSA) is 101 Å². The third-order valence-electron chi connectivity index (χ3n) is 4.08. The lowest BCUT2D eigenvalue weighted by atomic mass is 9.87. The second-order valence-corrected chi connectivity index (χ2v) is 7.87. The zero-order chi connectivity index (χ0) is 16.5. The van der Waals surface area contributed by atoms with Crippen molar-refractivity contribution < 1.29 is 18.3 Å². The number of nitrogens with one attached hydrogen (secondary N) is 1. The molecule has 8 heteroatoms. The summed E-state index contributed by atoms with van der Waals surface area (Å²) in [5.74, 6) is -0.300. The molecule has 1 aliphatic rings. The van der Waals surface area contributed by atoms with Gasteiger partial charge < -0.3 is 9.67 Å². The van der Waals surface area contributed by atoms with E-state index in [1.807, 2.05) is 13.8 Å². The van der Waals surface area contributed by atoms with Crippen LogP contribution in [0.15, 0.2) is 11.2 Å². The van der Waals surface area contributed by atoms with Gasteiger partial charge in [-0.15, -0.1) is 0 Å². The van der Waals surface area contributed by atoms with E-state index in [0.717, 1.165) is 5.82 Å². The van der Waals surface area contributed by atoms with E-state index in [-0.39, 0.29) is 22.9 Å². The molecule has 0 bridgehead atoms. The van der Waals surface area contributed by atoms with Crippen molar-refractivity contribution in [1.82, 2.24) is 14.3 Å². The summed E-state index contributed by atoms with van der Waals surface area (Å²) in [7, 11) is -1.88. The fraction of sp³-hybridized carbons (Fsp3) is 0.714. The maximum atomic E-state index is 12.4. The van der Waals surface area contributed by atoms with Crippen molar-refractivity contribution in [3.05, 3.63) is 12.0 Å². The van der Waals surface area contributed by atoms with Crippen LogP contribution in [-0.4, -0.2) is 35.1 Å². The molecule has 1 heterocycles. The number of sulfonamides is 1. The number of aryl methyl sites for hydroxylation is 1. The molecule has 0 unspecified atom stereocenters. The summed E-state index contributed by atoms with van der Waals surface area (Å²) in [6.07, 6.45) is 3.60. The smallest absolute Gasteiger partial charge is 0.306 e. The van der Waals surface area contributed by atoms with Gasteiger partial charge in [0.25, 0.3) is 10.0 Å². The predicted octanol–water partition coefficient (Wildman–Crippen LogP) is 1.47. The normalized spacial score (nSPS) is 22.9. The molecule has 0 radical (unpaired) electrons. The Morgan fingerprint density at radius 2 is 1.95 bits per heavy atom. The lowest BCUT2D eigenvalue weighted by molar-refractivity contribution is -0.142. The molecule has 0 saturated heterocycles.